The van der Waals surface area contributed by atoms with Gasteiger partial charge in [0.15, 0.2) is 11.5 Å². The van der Waals surface area contributed by atoms with Crippen LogP contribution in [-0.4, -0.2) is 40.3 Å². The lowest BCUT2D eigenvalue weighted by Crippen LogP contribution is -2.46. The number of nitrogens with zero attached hydrogens (tertiary/aromatic N) is 2. The number of rotatable bonds is 4. The van der Waals surface area contributed by atoms with Gasteiger partial charge in [-0.25, -0.2) is 0 Å². The van der Waals surface area contributed by atoms with Crippen LogP contribution in [0.4, 0.5) is 0 Å². The van der Waals surface area contributed by atoms with Crippen LogP contribution in [0.25, 0.3) is 0 Å². The Morgan fingerprint density at radius 3 is 2.88 bits per heavy atom. The van der Waals surface area contributed by atoms with Crippen molar-refractivity contribution in [1.29, 1.82) is 0 Å². The number of fused-ring (bicyclic) bond motifs is 1. The van der Waals surface area contributed by atoms with Gasteiger partial charge >= 0.3 is 5.97 Å². The molecular formula is C19H20N2O4. The maximum atomic E-state index is 11.8. The van der Waals surface area contributed by atoms with Crippen LogP contribution in [-0.2, 0) is 4.79 Å². The highest BCUT2D eigenvalue weighted by Crippen LogP contribution is 2.39. The van der Waals surface area contributed by atoms with Crippen LogP contribution in [0.1, 0.15) is 36.4 Å². The van der Waals surface area contributed by atoms with Gasteiger partial charge in [-0.1, -0.05) is 18.6 Å². The Bertz CT molecular complexity index is 765. The molecule has 0 amide bonds. The first-order valence-corrected chi connectivity index (χ1v) is 8.52. The molecule has 1 aromatic carbocycles. The van der Waals surface area contributed by atoms with E-state index in [0.717, 1.165) is 36.3 Å². The maximum absolute atomic E-state index is 11.8. The molecule has 2 unspecified atom stereocenters. The zero-order chi connectivity index (χ0) is 17.2. The lowest BCUT2D eigenvalue weighted by atomic mass is 9.92. The molecule has 4 rings (SSSR count). The maximum Gasteiger partial charge on any atom is 0.320 e. The first-order chi connectivity index (χ1) is 12.2. The third kappa shape index (κ3) is 3.05. The molecule has 1 N–H and O–H groups in total. The first-order valence-electron chi connectivity index (χ1n) is 8.52. The van der Waals surface area contributed by atoms with Crippen LogP contribution < -0.4 is 9.47 Å². The molecule has 1 aromatic heterocycles. The molecule has 2 aliphatic rings. The van der Waals surface area contributed by atoms with Gasteiger partial charge in [0.05, 0.1) is 6.04 Å². The van der Waals surface area contributed by atoms with Gasteiger partial charge in [0.2, 0.25) is 6.79 Å². The predicted molar refractivity (Wildman–Crippen MR) is 90.6 cm³/mol. The average Bonchev–Trinajstić information content (AvgIpc) is 3.11. The van der Waals surface area contributed by atoms with E-state index in [1.807, 2.05) is 36.5 Å². The first kappa shape index (κ1) is 15.9. The third-order valence-corrected chi connectivity index (χ3v) is 4.87. The minimum Gasteiger partial charge on any atom is -0.480 e. The number of likely N-dealkylation sites (tertiary alicyclic amines) is 1. The second-order valence-corrected chi connectivity index (χ2v) is 6.39. The van der Waals surface area contributed by atoms with E-state index >= 15 is 0 Å². The Morgan fingerprint density at radius 1 is 1.20 bits per heavy atom. The minimum absolute atomic E-state index is 0.176. The van der Waals surface area contributed by atoms with Gasteiger partial charge in [0.1, 0.15) is 6.04 Å². The largest absolute Gasteiger partial charge is 0.480 e. The Hall–Kier alpha value is -2.60. The molecule has 6 heteroatoms. The standard InChI is InChI=1S/C19H20N2O4/c22-19(23)15-5-1-2-9-21(15)18(14-4-3-8-20-11-14)13-6-7-16-17(10-13)25-12-24-16/h3-4,6-8,10-11,15,18H,1-2,5,9,12H2,(H,22,23). The molecule has 0 saturated carbocycles. The van der Waals surface area contributed by atoms with E-state index in [1.54, 1.807) is 6.20 Å². The molecule has 2 aromatic rings. The van der Waals surface area contributed by atoms with Crippen LogP contribution in [0.15, 0.2) is 42.7 Å². The average molecular weight is 340 g/mol. The van der Waals surface area contributed by atoms with Crippen molar-refractivity contribution in [1.82, 2.24) is 9.88 Å². The molecule has 2 aliphatic heterocycles. The predicted octanol–water partition coefficient (Wildman–Crippen LogP) is 2.84. The van der Waals surface area contributed by atoms with Gasteiger partial charge in [0, 0.05) is 12.4 Å². The van der Waals surface area contributed by atoms with E-state index in [2.05, 4.69) is 9.88 Å². The minimum atomic E-state index is -0.769. The Morgan fingerprint density at radius 2 is 2.08 bits per heavy atom. The van der Waals surface area contributed by atoms with Crippen LogP contribution in [0.5, 0.6) is 11.5 Å². The fraction of sp³-hybridized carbons (Fsp3) is 0.368. The van der Waals surface area contributed by atoms with Crippen LogP contribution >= 0.6 is 0 Å². The van der Waals surface area contributed by atoms with E-state index < -0.39 is 12.0 Å². The molecule has 0 spiro atoms. The van der Waals surface area contributed by atoms with Crippen molar-refractivity contribution in [3.05, 3.63) is 53.9 Å². The summed E-state index contributed by atoms with van der Waals surface area (Å²) in [7, 11) is 0. The summed E-state index contributed by atoms with van der Waals surface area (Å²) in [5.41, 5.74) is 1.97. The molecule has 0 aliphatic carbocycles. The van der Waals surface area contributed by atoms with Crippen LogP contribution in [0.2, 0.25) is 0 Å². The number of piperidine rings is 1. The van der Waals surface area contributed by atoms with Gasteiger partial charge in [-0.05, 0) is 48.7 Å². The zero-order valence-electron chi connectivity index (χ0n) is 13.8. The molecule has 2 atom stereocenters. The number of carboxylic acids is 1. The molecule has 6 nitrogen and oxygen atoms in total. The number of aliphatic carboxylic acids is 1. The zero-order valence-corrected chi connectivity index (χ0v) is 13.8. The number of pyridine rings is 1. The van der Waals surface area contributed by atoms with Crippen molar-refractivity contribution < 1.29 is 19.4 Å². The summed E-state index contributed by atoms with van der Waals surface area (Å²) in [5, 5.41) is 9.70. The van der Waals surface area contributed by atoms with Crippen molar-refractivity contribution in [2.45, 2.75) is 31.3 Å². The molecule has 0 radical (unpaired) electrons. The summed E-state index contributed by atoms with van der Waals surface area (Å²) < 4.78 is 10.9. The number of benzene rings is 1. The highest BCUT2D eigenvalue weighted by atomic mass is 16.7. The van der Waals surface area contributed by atoms with Gasteiger partial charge in [0.25, 0.3) is 0 Å². The van der Waals surface area contributed by atoms with Crippen molar-refractivity contribution in [2.24, 2.45) is 0 Å². The van der Waals surface area contributed by atoms with Crippen molar-refractivity contribution in [2.75, 3.05) is 13.3 Å². The Kier molecular flexibility index (Phi) is 4.28. The third-order valence-electron chi connectivity index (χ3n) is 4.87. The van der Waals surface area contributed by atoms with Crippen molar-refractivity contribution >= 4 is 5.97 Å². The Balaban J connectivity index is 1.78. The molecular weight excluding hydrogens is 320 g/mol. The van der Waals surface area contributed by atoms with Crippen molar-refractivity contribution in [3.63, 3.8) is 0 Å². The molecule has 3 heterocycles. The number of hydrogen-bond donors (Lipinski definition) is 1. The van der Waals surface area contributed by atoms with Gasteiger partial charge in [-0.2, -0.15) is 0 Å². The summed E-state index contributed by atoms with van der Waals surface area (Å²) in [4.78, 5) is 18.1. The SMILES string of the molecule is O=C(O)C1CCCCN1C(c1cccnc1)c1ccc2c(c1)OCO2. The summed E-state index contributed by atoms with van der Waals surface area (Å²) in [6, 6.07) is 9.03. The monoisotopic (exact) mass is 340 g/mol. The van der Waals surface area contributed by atoms with E-state index in [-0.39, 0.29) is 12.8 Å². The number of ether oxygens (including phenoxy) is 2. The molecule has 0 bridgehead atoms. The van der Waals surface area contributed by atoms with E-state index in [1.165, 1.54) is 0 Å². The second kappa shape index (κ2) is 6.72. The lowest BCUT2D eigenvalue weighted by Gasteiger charge is -2.39. The normalized spacial score (nSPS) is 21.0. The van der Waals surface area contributed by atoms with Gasteiger partial charge in [-0.15, -0.1) is 0 Å². The fourth-order valence-corrected chi connectivity index (χ4v) is 3.72. The number of carbonyl (C=O) groups is 1. The van der Waals surface area contributed by atoms with Crippen LogP contribution in [0, 0.1) is 0 Å². The van der Waals surface area contributed by atoms with Gasteiger partial charge in [-0.3, -0.25) is 14.7 Å². The van der Waals surface area contributed by atoms with Crippen molar-refractivity contribution in [3.8, 4) is 11.5 Å². The Labute approximate surface area is 146 Å². The molecule has 130 valence electrons. The van der Waals surface area contributed by atoms with E-state index in [0.29, 0.717) is 12.2 Å². The number of aromatic nitrogens is 1. The highest BCUT2D eigenvalue weighted by Gasteiger charge is 2.35. The van der Waals surface area contributed by atoms with Gasteiger partial charge < -0.3 is 14.6 Å². The number of hydrogen-bond acceptors (Lipinski definition) is 5. The summed E-state index contributed by atoms with van der Waals surface area (Å²) in [5.74, 6) is 0.659. The quantitative estimate of drug-likeness (QED) is 0.923. The molecule has 1 fully saturated rings. The summed E-state index contributed by atoms with van der Waals surface area (Å²) >= 11 is 0. The summed E-state index contributed by atoms with van der Waals surface area (Å²) in [6.07, 6.45) is 6.13. The summed E-state index contributed by atoms with van der Waals surface area (Å²) in [6.45, 7) is 0.961. The highest BCUT2D eigenvalue weighted by molar-refractivity contribution is 5.73. The molecule has 1 saturated heterocycles. The topological polar surface area (TPSA) is 71.9 Å². The lowest BCUT2D eigenvalue weighted by molar-refractivity contribution is -0.145. The fourth-order valence-electron chi connectivity index (χ4n) is 3.72. The number of carboxylic acid groups (broad SMARTS) is 1. The van der Waals surface area contributed by atoms with Crippen LogP contribution in [0.3, 0.4) is 0 Å². The smallest absolute Gasteiger partial charge is 0.320 e. The van der Waals surface area contributed by atoms with E-state index in [4.69, 9.17) is 9.47 Å². The molecule has 25 heavy (non-hydrogen) atoms. The second-order valence-electron chi connectivity index (χ2n) is 6.39. The van der Waals surface area contributed by atoms with E-state index in [9.17, 15) is 9.90 Å².